The van der Waals surface area contributed by atoms with Gasteiger partial charge in [-0.1, -0.05) is 6.92 Å². The number of carbonyl (C=O) groups excluding carboxylic acids is 1. The molecule has 0 aromatic heterocycles. The first-order valence-corrected chi connectivity index (χ1v) is 6.26. The van der Waals surface area contributed by atoms with Crippen LogP contribution >= 0.6 is 0 Å². The standard InChI is InChI=1S/C12H24N2O3/c1-4-5-13-12(2,11(15)16-3)10-14-6-8-17-9-7-14/h13H,4-10H2,1-3H3. The maximum atomic E-state index is 11.9. The molecular weight excluding hydrogens is 220 g/mol. The number of carbonyl (C=O) groups is 1. The molecule has 1 rings (SSSR count). The van der Waals surface area contributed by atoms with Crippen LogP contribution in [0.5, 0.6) is 0 Å². The minimum atomic E-state index is -0.623. The summed E-state index contributed by atoms with van der Waals surface area (Å²) >= 11 is 0. The lowest BCUT2D eigenvalue weighted by Gasteiger charge is -2.35. The molecule has 0 radical (unpaired) electrons. The van der Waals surface area contributed by atoms with Crippen molar-refractivity contribution in [2.75, 3.05) is 46.5 Å². The topological polar surface area (TPSA) is 50.8 Å². The Kier molecular flexibility index (Phi) is 5.88. The first kappa shape index (κ1) is 14.4. The third kappa shape index (κ3) is 4.26. The quantitative estimate of drug-likeness (QED) is 0.679. The number of esters is 1. The molecule has 1 aliphatic heterocycles. The van der Waals surface area contributed by atoms with E-state index >= 15 is 0 Å². The molecule has 1 unspecified atom stereocenters. The zero-order valence-electron chi connectivity index (χ0n) is 11.1. The fraction of sp³-hybridized carbons (Fsp3) is 0.917. The fourth-order valence-corrected chi connectivity index (χ4v) is 2.03. The number of rotatable bonds is 6. The molecule has 1 heterocycles. The molecule has 17 heavy (non-hydrogen) atoms. The highest BCUT2D eigenvalue weighted by atomic mass is 16.5. The average molecular weight is 244 g/mol. The summed E-state index contributed by atoms with van der Waals surface area (Å²) in [5, 5.41) is 3.29. The lowest BCUT2D eigenvalue weighted by Crippen LogP contribution is -2.59. The Hall–Kier alpha value is -0.650. The van der Waals surface area contributed by atoms with E-state index in [-0.39, 0.29) is 5.97 Å². The average Bonchev–Trinajstić information content (AvgIpc) is 2.36. The summed E-state index contributed by atoms with van der Waals surface area (Å²) in [7, 11) is 1.44. The van der Waals surface area contributed by atoms with Crippen molar-refractivity contribution in [1.82, 2.24) is 10.2 Å². The van der Waals surface area contributed by atoms with Gasteiger partial charge < -0.3 is 14.8 Å². The lowest BCUT2D eigenvalue weighted by molar-refractivity contribution is -0.149. The molecule has 1 N–H and O–H groups in total. The van der Waals surface area contributed by atoms with Gasteiger partial charge >= 0.3 is 5.97 Å². The van der Waals surface area contributed by atoms with Crippen LogP contribution in [0.2, 0.25) is 0 Å². The van der Waals surface area contributed by atoms with E-state index in [2.05, 4.69) is 17.1 Å². The van der Waals surface area contributed by atoms with Gasteiger partial charge in [0.2, 0.25) is 0 Å². The van der Waals surface area contributed by atoms with E-state index in [1.54, 1.807) is 0 Å². The van der Waals surface area contributed by atoms with Crippen LogP contribution in [0.1, 0.15) is 20.3 Å². The number of nitrogens with zero attached hydrogens (tertiary/aromatic N) is 1. The van der Waals surface area contributed by atoms with Crippen molar-refractivity contribution < 1.29 is 14.3 Å². The molecule has 5 nitrogen and oxygen atoms in total. The molecule has 1 aliphatic rings. The van der Waals surface area contributed by atoms with Crippen molar-refractivity contribution in [3.8, 4) is 0 Å². The van der Waals surface area contributed by atoms with Gasteiger partial charge in [0.05, 0.1) is 20.3 Å². The van der Waals surface area contributed by atoms with Crippen LogP contribution in [-0.4, -0.2) is 62.9 Å². The molecule has 0 amide bonds. The van der Waals surface area contributed by atoms with Gasteiger partial charge in [0, 0.05) is 19.6 Å². The summed E-state index contributed by atoms with van der Waals surface area (Å²) in [6.07, 6.45) is 0.996. The fourth-order valence-electron chi connectivity index (χ4n) is 2.03. The largest absolute Gasteiger partial charge is 0.468 e. The van der Waals surface area contributed by atoms with Gasteiger partial charge in [-0.25, -0.2) is 0 Å². The molecule has 1 saturated heterocycles. The molecular formula is C12H24N2O3. The molecule has 0 spiro atoms. The summed E-state index contributed by atoms with van der Waals surface area (Å²) in [6, 6.07) is 0. The number of methoxy groups -OCH3 is 1. The number of nitrogens with one attached hydrogen (secondary N) is 1. The second kappa shape index (κ2) is 6.93. The second-order valence-electron chi connectivity index (χ2n) is 4.64. The van der Waals surface area contributed by atoms with E-state index in [0.29, 0.717) is 6.54 Å². The monoisotopic (exact) mass is 244 g/mol. The van der Waals surface area contributed by atoms with Crippen LogP contribution in [0.25, 0.3) is 0 Å². The molecule has 0 aromatic carbocycles. The second-order valence-corrected chi connectivity index (χ2v) is 4.64. The molecule has 1 fully saturated rings. The van der Waals surface area contributed by atoms with Crippen molar-refractivity contribution in [3.05, 3.63) is 0 Å². The lowest BCUT2D eigenvalue weighted by atomic mass is 10.0. The summed E-state index contributed by atoms with van der Waals surface area (Å²) in [5.41, 5.74) is -0.623. The minimum Gasteiger partial charge on any atom is -0.468 e. The van der Waals surface area contributed by atoms with Gasteiger partial charge in [-0.15, -0.1) is 0 Å². The molecule has 0 bridgehead atoms. The predicted octanol–water partition coefficient (Wildman–Crippen LogP) is 0.250. The Balaban J connectivity index is 2.57. The van der Waals surface area contributed by atoms with Gasteiger partial charge in [-0.05, 0) is 19.9 Å². The summed E-state index contributed by atoms with van der Waals surface area (Å²) in [6.45, 7) is 8.71. The van der Waals surface area contributed by atoms with E-state index in [4.69, 9.17) is 9.47 Å². The van der Waals surface area contributed by atoms with Crippen LogP contribution in [-0.2, 0) is 14.3 Å². The van der Waals surface area contributed by atoms with Crippen molar-refractivity contribution in [1.29, 1.82) is 0 Å². The number of morpholine rings is 1. The molecule has 0 aromatic rings. The van der Waals surface area contributed by atoms with Crippen molar-refractivity contribution in [2.24, 2.45) is 0 Å². The molecule has 0 saturated carbocycles. The van der Waals surface area contributed by atoms with Crippen LogP contribution in [0.15, 0.2) is 0 Å². The van der Waals surface area contributed by atoms with E-state index < -0.39 is 5.54 Å². The van der Waals surface area contributed by atoms with Crippen molar-refractivity contribution >= 4 is 5.97 Å². The first-order valence-electron chi connectivity index (χ1n) is 6.26. The zero-order chi connectivity index (χ0) is 12.7. The van der Waals surface area contributed by atoms with Gasteiger partial charge in [-0.3, -0.25) is 9.69 Å². The van der Waals surface area contributed by atoms with Gasteiger partial charge in [0.1, 0.15) is 5.54 Å². The van der Waals surface area contributed by atoms with Crippen LogP contribution in [0.4, 0.5) is 0 Å². The Morgan fingerprint density at radius 3 is 2.65 bits per heavy atom. The smallest absolute Gasteiger partial charge is 0.327 e. The maximum absolute atomic E-state index is 11.9. The minimum absolute atomic E-state index is 0.197. The molecule has 100 valence electrons. The highest BCUT2D eigenvalue weighted by Crippen LogP contribution is 2.11. The first-order chi connectivity index (χ1) is 8.12. The molecule has 5 heteroatoms. The molecule has 0 aliphatic carbocycles. The van der Waals surface area contributed by atoms with Gasteiger partial charge in [0.15, 0.2) is 0 Å². The highest BCUT2D eigenvalue weighted by molar-refractivity contribution is 5.80. The Bertz CT molecular complexity index is 242. The Morgan fingerprint density at radius 2 is 2.12 bits per heavy atom. The summed E-state index contributed by atoms with van der Waals surface area (Å²) in [5.74, 6) is -0.197. The normalized spacial score (nSPS) is 20.9. The van der Waals surface area contributed by atoms with Crippen molar-refractivity contribution in [2.45, 2.75) is 25.8 Å². The third-order valence-corrected chi connectivity index (χ3v) is 3.04. The highest BCUT2D eigenvalue weighted by Gasteiger charge is 2.35. The summed E-state index contributed by atoms with van der Waals surface area (Å²) in [4.78, 5) is 14.1. The SMILES string of the molecule is CCCNC(C)(CN1CCOCC1)C(=O)OC. The van der Waals surface area contributed by atoms with Crippen LogP contribution in [0, 0.1) is 0 Å². The van der Waals surface area contributed by atoms with Gasteiger partial charge in [0.25, 0.3) is 0 Å². The zero-order valence-corrected chi connectivity index (χ0v) is 11.1. The summed E-state index contributed by atoms with van der Waals surface area (Å²) < 4.78 is 10.2. The van der Waals surface area contributed by atoms with E-state index in [1.807, 2.05) is 6.92 Å². The van der Waals surface area contributed by atoms with Crippen LogP contribution < -0.4 is 5.32 Å². The Labute approximate surface area is 103 Å². The maximum Gasteiger partial charge on any atom is 0.327 e. The number of hydrogen-bond donors (Lipinski definition) is 1. The third-order valence-electron chi connectivity index (χ3n) is 3.04. The number of ether oxygens (including phenoxy) is 2. The van der Waals surface area contributed by atoms with E-state index in [1.165, 1.54) is 7.11 Å². The van der Waals surface area contributed by atoms with E-state index in [0.717, 1.165) is 39.3 Å². The molecule has 1 atom stereocenters. The van der Waals surface area contributed by atoms with Gasteiger partial charge in [-0.2, -0.15) is 0 Å². The predicted molar refractivity (Wildman–Crippen MR) is 66.0 cm³/mol. The number of hydrogen-bond acceptors (Lipinski definition) is 5. The Morgan fingerprint density at radius 1 is 1.47 bits per heavy atom. The van der Waals surface area contributed by atoms with E-state index in [9.17, 15) is 4.79 Å². The van der Waals surface area contributed by atoms with Crippen LogP contribution in [0.3, 0.4) is 0 Å². The van der Waals surface area contributed by atoms with Crippen molar-refractivity contribution in [3.63, 3.8) is 0 Å².